The molecule has 0 bridgehead atoms. The lowest BCUT2D eigenvalue weighted by molar-refractivity contribution is 0.601. The number of fused-ring (bicyclic) bond motifs is 1. The zero-order valence-corrected chi connectivity index (χ0v) is 13.5. The molecule has 6 heteroatoms. The van der Waals surface area contributed by atoms with Crippen molar-refractivity contribution in [3.63, 3.8) is 0 Å². The van der Waals surface area contributed by atoms with Gasteiger partial charge >= 0.3 is 0 Å². The van der Waals surface area contributed by atoms with Gasteiger partial charge in [-0.1, -0.05) is 6.07 Å². The van der Waals surface area contributed by atoms with Crippen LogP contribution in [0.4, 0.5) is 0 Å². The number of benzene rings is 1. The number of rotatable bonds is 3. The fourth-order valence-electron chi connectivity index (χ4n) is 2.57. The molecule has 0 unspecified atom stereocenters. The van der Waals surface area contributed by atoms with Crippen molar-refractivity contribution < 1.29 is 8.42 Å². The second kappa shape index (κ2) is 5.21. The molecule has 0 saturated heterocycles. The van der Waals surface area contributed by atoms with E-state index in [1.807, 2.05) is 38.1 Å². The SMILES string of the molecule is Cc1[nH]cnc1-c1cc(C)c2cc(CS(C)(=O)=O)ccc2n1. The molecule has 0 aliphatic rings. The van der Waals surface area contributed by atoms with Crippen molar-refractivity contribution in [2.24, 2.45) is 0 Å². The molecule has 0 fully saturated rings. The molecule has 0 aliphatic heterocycles. The zero-order chi connectivity index (χ0) is 15.9. The first kappa shape index (κ1) is 14.7. The summed E-state index contributed by atoms with van der Waals surface area (Å²) in [5.74, 6) is 0.0443. The number of sulfone groups is 1. The lowest BCUT2D eigenvalue weighted by Gasteiger charge is -2.08. The highest BCUT2D eigenvalue weighted by Crippen LogP contribution is 2.25. The van der Waals surface area contributed by atoms with Crippen LogP contribution in [-0.2, 0) is 15.6 Å². The molecule has 0 saturated carbocycles. The summed E-state index contributed by atoms with van der Waals surface area (Å²) in [7, 11) is -3.04. The van der Waals surface area contributed by atoms with Crippen molar-refractivity contribution in [2.75, 3.05) is 6.26 Å². The van der Waals surface area contributed by atoms with Gasteiger partial charge in [-0.25, -0.2) is 18.4 Å². The fourth-order valence-corrected chi connectivity index (χ4v) is 3.36. The van der Waals surface area contributed by atoms with E-state index in [1.165, 1.54) is 6.26 Å². The van der Waals surface area contributed by atoms with Crippen LogP contribution in [0.3, 0.4) is 0 Å². The summed E-state index contributed by atoms with van der Waals surface area (Å²) in [5.41, 5.74) is 5.31. The maximum Gasteiger partial charge on any atom is 0.151 e. The predicted octanol–water partition coefficient (Wildman–Crippen LogP) is 2.79. The van der Waals surface area contributed by atoms with Crippen molar-refractivity contribution in [3.8, 4) is 11.4 Å². The highest BCUT2D eigenvalue weighted by atomic mass is 32.2. The van der Waals surface area contributed by atoms with E-state index in [-0.39, 0.29) is 5.75 Å². The molecule has 0 aliphatic carbocycles. The normalized spacial score (nSPS) is 12.0. The minimum atomic E-state index is -3.04. The first-order valence-corrected chi connectivity index (χ1v) is 8.98. The van der Waals surface area contributed by atoms with Crippen LogP contribution in [0, 0.1) is 13.8 Å². The second-order valence-corrected chi connectivity index (χ2v) is 7.76. The maximum atomic E-state index is 11.4. The molecule has 0 amide bonds. The average Bonchev–Trinajstić information content (AvgIpc) is 2.84. The molecule has 114 valence electrons. The third kappa shape index (κ3) is 2.87. The first-order valence-electron chi connectivity index (χ1n) is 6.92. The number of aromatic nitrogens is 3. The van der Waals surface area contributed by atoms with Gasteiger partial charge in [0.15, 0.2) is 9.84 Å². The van der Waals surface area contributed by atoms with E-state index in [2.05, 4.69) is 15.0 Å². The van der Waals surface area contributed by atoms with Crippen LogP contribution < -0.4 is 0 Å². The molecule has 0 atom stereocenters. The quantitative estimate of drug-likeness (QED) is 0.806. The van der Waals surface area contributed by atoms with Gasteiger partial charge in [0.25, 0.3) is 0 Å². The van der Waals surface area contributed by atoms with Crippen LogP contribution in [0.1, 0.15) is 16.8 Å². The van der Waals surface area contributed by atoms with Gasteiger partial charge in [0, 0.05) is 17.3 Å². The topological polar surface area (TPSA) is 75.7 Å². The van der Waals surface area contributed by atoms with Gasteiger partial charge in [-0.05, 0) is 43.2 Å². The van der Waals surface area contributed by atoms with Crippen LogP contribution in [0.5, 0.6) is 0 Å². The Bertz CT molecular complexity index is 959. The standard InChI is InChI=1S/C16H17N3O2S/c1-10-6-15(16-11(2)17-9-18-16)19-14-5-4-12(7-13(10)14)8-22(3,20)21/h4-7,9H,8H2,1-3H3,(H,17,18). The number of aromatic amines is 1. The molecule has 3 rings (SSSR count). The van der Waals surface area contributed by atoms with E-state index in [1.54, 1.807) is 6.33 Å². The smallest absolute Gasteiger partial charge is 0.151 e. The Morgan fingerprint density at radius 2 is 1.95 bits per heavy atom. The molecule has 1 N–H and O–H groups in total. The molecule has 5 nitrogen and oxygen atoms in total. The van der Waals surface area contributed by atoms with Crippen LogP contribution in [0.15, 0.2) is 30.6 Å². The third-order valence-corrected chi connectivity index (χ3v) is 4.44. The molecule has 22 heavy (non-hydrogen) atoms. The Kier molecular flexibility index (Phi) is 3.48. The Hall–Kier alpha value is -2.21. The van der Waals surface area contributed by atoms with Gasteiger partial charge in [0.2, 0.25) is 0 Å². The Morgan fingerprint density at radius 3 is 2.59 bits per heavy atom. The highest BCUT2D eigenvalue weighted by Gasteiger charge is 2.11. The summed E-state index contributed by atoms with van der Waals surface area (Å²) < 4.78 is 22.9. The van der Waals surface area contributed by atoms with Gasteiger partial charge < -0.3 is 4.98 Å². The monoisotopic (exact) mass is 315 g/mol. The summed E-state index contributed by atoms with van der Waals surface area (Å²) in [4.78, 5) is 12.0. The summed E-state index contributed by atoms with van der Waals surface area (Å²) in [6, 6.07) is 7.57. The van der Waals surface area contributed by atoms with Crippen molar-refractivity contribution in [1.82, 2.24) is 15.0 Å². The van der Waals surface area contributed by atoms with Crippen LogP contribution in [0.2, 0.25) is 0 Å². The lowest BCUT2D eigenvalue weighted by Crippen LogP contribution is -2.01. The summed E-state index contributed by atoms with van der Waals surface area (Å²) in [6.07, 6.45) is 2.90. The molecular formula is C16H17N3O2S. The minimum Gasteiger partial charge on any atom is -0.348 e. The number of imidazole rings is 1. The van der Waals surface area contributed by atoms with Gasteiger partial charge in [0.05, 0.1) is 23.3 Å². The molecule has 2 heterocycles. The molecule has 1 aromatic carbocycles. The summed E-state index contributed by atoms with van der Waals surface area (Å²) in [5, 5.41) is 0.970. The molecule has 2 aromatic heterocycles. The second-order valence-electron chi connectivity index (χ2n) is 5.62. The Balaban J connectivity index is 2.13. The van der Waals surface area contributed by atoms with Gasteiger partial charge in [-0.3, -0.25) is 0 Å². The Morgan fingerprint density at radius 1 is 1.18 bits per heavy atom. The van der Waals surface area contributed by atoms with Crippen LogP contribution in [0.25, 0.3) is 22.3 Å². The fraction of sp³-hybridized carbons (Fsp3) is 0.250. The summed E-state index contributed by atoms with van der Waals surface area (Å²) in [6.45, 7) is 3.96. The number of nitrogens with one attached hydrogen (secondary N) is 1. The van der Waals surface area contributed by atoms with E-state index in [9.17, 15) is 8.42 Å². The van der Waals surface area contributed by atoms with Crippen LogP contribution >= 0.6 is 0 Å². The highest BCUT2D eigenvalue weighted by molar-refractivity contribution is 7.89. The number of hydrogen-bond acceptors (Lipinski definition) is 4. The molecular weight excluding hydrogens is 298 g/mol. The van der Waals surface area contributed by atoms with Gasteiger partial charge in [-0.15, -0.1) is 0 Å². The van der Waals surface area contributed by atoms with Crippen molar-refractivity contribution >= 4 is 20.7 Å². The van der Waals surface area contributed by atoms with E-state index >= 15 is 0 Å². The van der Waals surface area contributed by atoms with Crippen molar-refractivity contribution in [3.05, 3.63) is 47.4 Å². The minimum absolute atomic E-state index is 0.0443. The predicted molar refractivity (Wildman–Crippen MR) is 87.3 cm³/mol. The average molecular weight is 315 g/mol. The number of H-pyrrole nitrogens is 1. The van der Waals surface area contributed by atoms with Crippen molar-refractivity contribution in [2.45, 2.75) is 19.6 Å². The molecule has 0 spiro atoms. The van der Waals surface area contributed by atoms with Crippen LogP contribution in [-0.4, -0.2) is 29.6 Å². The Labute approximate surface area is 129 Å². The largest absolute Gasteiger partial charge is 0.348 e. The van der Waals surface area contributed by atoms with E-state index < -0.39 is 9.84 Å². The van der Waals surface area contributed by atoms with E-state index in [0.717, 1.165) is 39.1 Å². The van der Waals surface area contributed by atoms with E-state index in [4.69, 9.17) is 0 Å². The third-order valence-electron chi connectivity index (χ3n) is 3.58. The number of aryl methyl sites for hydroxylation is 2. The molecule has 3 aromatic rings. The van der Waals surface area contributed by atoms with Gasteiger partial charge in [-0.2, -0.15) is 0 Å². The van der Waals surface area contributed by atoms with E-state index in [0.29, 0.717) is 0 Å². The lowest BCUT2D eigenvalue weighted by atomic mass is 10.1. The first-order chi connectivity index (χ1) is 10.3. The number of pyridine rings is 1. The number of hydrogen-bond donors (Lipinski definition) is 1. The van der Waals surface area contributed by atoms with Gasteiger partial charge in [0.1, 0.15) is 5.69 Å². The van der Waals surface area contributed by atoms with Crippen molar-refractivity contribution in [1.29, 1.82) is 0 Å². The zero-order valence-electron chi connectivity index (χ0n) is 12.7. The number of nitrogens with zero attached hydrogens (tertiary/aromatic N) is 2. The molecule has 0 radical (unpaired) electrons. The maximum absolute atomic E-state index is 11.4. The summed E-state index contributed by atoms with van der Waals surface area (Å²) >= 11 is 0.